The van der Waals surface area contributed by atoms with Crippen molar-refractivity contribution in [3.05, 3.63) is 48.8 Å². The molecule has 0 aliphatic carbocycles. The molecule has 0 spiro atoms. The lowest BCUT2D eigenvalue weighted by atomic mass is 10.0. The highest BCUT2D eigenvalue weighted by atomic mass is 16.1. The van der Waals surface area contributed by atoms with Gasteiger partial charge in [0.15, 0.2) is 5.78 Å². The van der Waals surface area contributed by atoms with Crippen LogP contribution < -0.4 is 10.6 Å². The Balaban J connectivity index is 1.66. The SMILES string of the molecule is NCC(=O)CN1CCN(c2c(-c3ccccc3)cnc3[nH]ccc23)CC1. The van der Waals surface area contributed by atoms with E-state index in [0.717, 1.165) is 42.8 Å². The van der Waals surface area contributed by atoms with Gasteiger partial charge in [0, 0.05) is 49.5 Å². The van der Waals surface area contributed by atoms with Crippen LogP contribution in [0.3, 0.4) is 0 Å². The van der Waals surface area contributed by atoms with Gasteiger partial charge >= 0.3 is 0 Å². The first-order valence-electron chi connectivity index (χ1n) is 8.97. The van der Waals surface area contributed by atoms with Gasteiger partial charge < -0.3 is 15.6 Å². The number of fused-ring (bicyclic) bond motifs is 1. The number of H-pyrrole nitrogens is 1. The van der Waals surface area contributed by atoms with E-state index < -0.39 is 0 Å². The highest BCUT2D eigenvalue weighted by Crippen LogP contribution is 2.36. The van der Waals surface area contributed by atoms with Crippen molar-refractivity contribution in [1.82, 2.24) is 14.9 Å². The average molecular weight is 349 g/mol. The van der Waals surface area contributed by atoms with E-state index in [4.69, 9.17) is 5.73 Å². The number of rotatable bonds is 5. The first-order valence-corrected chi connectivity index (χ1v) is 8.97. The number of benzene rings is 1. The number of nitrogens with two attached hydrogens (primary N) is 1. The van der Waals surface area contributed by atoms with Crippen molar-refractivity contribution in [2.24, 2.45) is 5.73 Å². The summed E-state index contributed by atoms with van der Waals surface area (Å²) in [4.78, 5) is 24.0. The second-order valence-corrected chi connectivity index (χ2v) is 6.63. The number of hydrogen-bond acceptors (Lipinski definition) is 5. The number of aromatic nitrogens is 2. The molecule has 0 atom stereocenters. The van der Waals surface area contributed by atoms with Gasteiger partial charge in [-0.15, -0.1) is 0 Å². The van der Waals surface area contributed by atoms with Crippen molar-refractivity contribution in [2.75, 3.05) is 44.2 Å². The van der Waals surface area contributed by atoms with Crippen molar-refractivity contribution in [1.29, 1.82) is 0 Å². The Bertz CT molecular complexity index is 897. The van der Waals surface area contributed by atoms with Gasteiger partial charge in [-0.3, -0.25) is 9.69 Å². The number of piperazine rings is 1. The van der Waals surface area contributed by atoms with Crippen LogP contribution in [-0.2, 0) is 4.79 Å². The average Bonchev–Trinajstić information content (AvgIpc) is 3.17. The first kappa shape index (κ1) is 16.8. The van der Waals surface area contributed by atoms with Crippen LogP contribution in [0, 0.1) is 0 Å². The molecule has 26 heavy (non-hydrogen) atoms. The van der Waals surface area contributed by atoms with E-state index >= 15 is 0 Å². The number of aromatic amines is 1. The van der Waals surface area contributed by atoms with Gasteiger partial charge in [-0.05, 0) is 11.6 Å². The van der Waals surface area contributed by atoms with Crippen molar-refractivity contribution in [3.8, 4) is 11.1 Å². The van der Waals surface area contributed by atoms with Gasteiger partial charge in [0.1, 0.15) is 5.65 Å². The highest BCUT2D eigenvalue weighted by Gasteiger charge is 2.23. The van der Waals surface area contributed by atoms with Gasteiger partial charge in [-0.25, -0.2) is 4.98 Å². The predicted octanol–water partition coefficient (Wildman–Crippen LogP) is 1.88. The van der Waals surface area contributed by atoms with Crippen molar-refractivity contribution < 1.29 is 4.79 Å². The Labute approximate surface area is 152 Å². The normalized spacial score (nSPS) is 15.5. The molecule has 1 aliphatic rings. The number of nitrogens with one attached hydrogen (secondary N) is 1. The molecule has 0 unspecified atom stereocenters. The van der Waals surface area contributed by atoms with E-state index in [1.807, 2.05) is 18.5 Å². The molecular weight excluding hydrogens is 326 g/mol. The summed E-state index contributed by atoms with van der Waals surface area (Å²) in [5.41, 5.74) is 9.87. The molecule has 2 aromatic heterocycles. The molecule has 134 valence electrons. The molecule has 1 saturated heterocycles. The summed E-state index contributed by atoms with van der Waals surface area (Å²) < 4.78 is 0. The number of carbonyl (C=O) groups is 1. The number of carbonyl (C=O) groups excluding carboxylic acids is 1. The third-order valence-corrected chi connectivity index (χ3v) is 4.96. The Morgan fingerprint density at radius 2 is 1.88 bits per heavy atom. The van der Waals surface area contributed by atoms with Crippen molar-refractivity contribution in [3.63, 3.8) is 0 Å². The Morgan fingerprint density at radius 1 is 1.12 bits per heavy atom. The minimum atomic E-state index is 0.0976. The fraction of sp³-hybridized carbons (Fsp3) is 0.300. The fourth-order valence-electron chi connectivity index (χ4n) is 3.61. The second kappa shape index (κ2) is 7.27. The number of nitrogens with zero attached hydrogens (tertiary/aromatic N) is 3. The van der Waals surface area contributed by atoms with E-state index in [1.54, 1.807) is 0 Å². The molecule has 4 rings (SSSR count). The summed E-state index contributed by atoms with van der Waals surface area (Å²) in [5, 5.41) is 1.14. The minimum Gasteiger partial charge on any atom is -0.368 e. The Kier molecular flexibility index (Phi) is 4.69. The maximum atomic E-state index is 11.6. The minimum absolute atomic E-state index is 0.0976. The largest absolute Gasteiger partial charge is 0.368 e. The quantitative estimate of drug-likeness (QED) is 0.735. The summed E-state index contributed by atoms with van der Waals surface area (Å²) >= 11 is 0. The number of Topliss-reactive ketones (excluding diaryl/α,β-unsaturated/α-hetero) is 1. The van der Waals surface area contributed by atoms with Crippen LogP contribution in [0.15, 0.2) is 48.8 Å². The van der Waals surface area contributed by atoms with Crippen LogP contribution in [0.1, 0.15) is 0 Å². The predicted molar refractivity (Wildman–Crippen MR) is 104 cm³/mol. The molecule has 3 N–H and O–H groups in total. The van der Waals surface area contributed by atoms with Gasteiger partial charge in [0.25, 0.3) is 0 Å². The molecule has 0 radical (unpaired) electrons. The molecule has 3 heterocycles. The van der Waals surface area contributed by atoms with Gasteiger partial charge in [-0.2, -0.15) is 0 Å². The van der Waals surface area contributed by atoms with Crippen molar-refractivity contribution in [2.45, 2.75) is 0 Å². The van der Waals surface area contributed by atoms with Crippen LogP contribution in [0.4, 0.5) is 5.69 Å². The lowest BCUT2D eigenvalue weighted by Crippen LogP contribution is -2.48. The molecule has 1 fully saturated rings. The fourth-order valence-corrected chi connectivity index (χ4v) is 3.61. The van der Waals surface area contributed by atoms with E-state index in [1.165, 1.54) is 11.3 Å². The topological polar surface area (TPSA) is 78.2 Å². The molecule has 0 bridgehead atoms. The zero-order valence-corrected chi connectivity index (χ0v) is 14.7. The summed E-state index contributed by atoms with van der Waals surface area (Å²) in [6.07, 6.45) is 3.89. The van der Waals surface area contributed by atoms with E-state index in [2.05, 4.69) is 50.1 Å². The summed E-state index contributed by atoms with van der Waals surface area (Å²) in [6.45, 7) is 4.03. The molecule has 1 aromatic carbocycles. The number of ketones is 1. The van der Waals surface area contributed by atoms with Gasteiger partial charge in [0.2, 0.25) is 0 Å². The van der Waals surface area contributed by atoms with Crippen molar-refractivity contribution >= 4 is 22.5 Å². The van der Waals surface area contributed by atoms with E-state index in [0.29, 0.717) is 6.54 Å². The summed E-state index contributed by atoms with van der Waals surface area (Å²) in [6, 6.07) is 12.5. The van der Waals surface area contributed by atoms with E-state index in [9.17, 15) is 4.79 Å². The monoisotopic (exact) mass is 349 g/mol. The molecule has 0 amide bonds. The zero-order valence-electron chi connectivity index (χ0n) is 14.7. The van der Waals surface area contributed by atoms with Crippen LogP contribution in [0.5, 0.6) is 0 Å². The third kappa shape index (κ3) is 3.21. The Morgan fingerprint density at radius 3 is 2.62 bits per heavy atom. The molecule has 6 heteroatoms. The van der Waals surface area contributed by atoms with Crippen LogP contribution >= 0.6 is 0 Å². The molecule has 1 aliphatic heterocycles. The number of hydrogen-bond donors (Lipinski definition) is 2. The summed E-state index contributed by atoms with van der Waals surface area (Å²) in [7, 11) is 0. The van der Waals surface area contributed by atoms with Gasteiger partial charge in [0.05, 0.1) is 18.8 Å². The molecule has 0 saturated carbocycles. The molecule has 3 aromatic rings. The maximum absolute atomic E-state index is 11.6. The smallest absolute Gasteiger partial charge is 0.160 e. The Hall–Kier alpha value is -2.70. The van der Waals surface area contributed by atoms with Crippen LogP contribution in [0.25, 0.3) is 22.2 Å². The molecular formula is C20H23N5O. The highest BCUT2D eigenvalue weighted by molar-refractivity contribution is 5.98. The van der Waals surface area contributed by atoms with Crippen LogP contribution in [0.2, 0.25) is 0 Å². The lowest BCUT2D eigenvalue weighted by Gasteiger charge is -2.37. The van der Waals surface area contributed by atoms with Crippen LogP contribution in [-0.4, -0.2) is 59.9 Å². The van der Waals surface area contributed by atoms with E-state index in [-0.39, 0.29) is 12.3 Å². The third-order valence-electron chi connectivity index (χ3n) is 4.96. The molecule has 6 nitrogen and oxygen atoms in total. The zero-order chi connectivity index (χ0) is 17.9. The first-order chi connectivity index (χ1) is 12.8. The number of pyridine rings is 1. The lowest BCUT2D eigenvalue weighted by molar-refractivity contribution is -0.118. The summed E-state index contributed by atoms with van der Waals surface area (Å²) in [5.74, 6) is 0.0976. The van der Waals surface area contributed by atoms with Gasteiger partial charge in [-0.1, -0.05) is 30.3 Å². The second-order valence-electron chi connectivity index (χ2n) is 6.63. The number of anilines is 1. The standard InChI is InChI=1S/C20H23N5O/c21-12-16(26)14-24-8-10-25(11-9-24)19-17-6-7-22-20(17)23-13-18(19)15-4-2-1-3-5-15/h1-7,13H,8-12,14,21H2,(H,22,23). The maximum Gasteiger partial charge on any atom is 0.160 e.